The van der Waals surface area contributed by atoms with Crippen LogP contribution < -0.4 is 5.32 Å². The summed E-state index contributed by atoms with van der Waals surface area (Å²) in [5.41, 5.74) is 4.37. The SMILES string of the molecule is CCc1ccc(-c2cn3c(CC(=O)NCCN(CC)CC)csc3n2)cc1. The van der Waals surface area contributed by atoms with Gasteiger partial charge in [0.05, 0.1) is 12.1 Å². The fraction of sp³-hybridized carbons (Fsp3) is 0.429. The van der Waals surface area contributed by atoms with E-state index in [9.17, 15) is 4.79 Å². The molecule has 0 atom stereocenters. The number of aromatic nitrogens is 2. The molecule has 0 aliphatic carbocycles. The third-order valence-corrected chi connectivity index (χ3v) is 5.82. The maximum Gasteiger partial charge on any atom is 0.226 e. The molecule has 1 aromatic carbocycles. The van der Waals surface area contributed by atoms with E-state index in [-0.39, 0.29) is 5.91 Å². The van der Waals surface area contributed by atoms with Crippen LogP contribution in [0.25, 0.3) is 16.2 Å². The van der Waals surface area contributed by atoms with Crippen LogP contribution >= 0.6 is 11.3 Å². The lowest BCUT2D eigenvalue weighted by Crippen LogP contribution is -2.35. The summed E-state index contributed by atoms with van der Waals surface area (Å²) in [4.78, 5) is 20.2. The van der Waals surface area contributed by atoms with E-state index in [1.807, 2.05) is 16.0 Å². The van der Waals surface area contributed by atoms with E-state index >= 15 is 0 Å². The van der Waals surface area contributed by atoms with Gasteiger partial charge in [0.1, 0.15) is 0 Å². The number of nitrogens with zero attached hydrogens (tertiary/aromatic N) is 3. The predicted molar refractivity (Wildman–Crippen MR) is 112 cm³/mol. The number of carbonyl (C=O) groups excluding carboxylic acids is 1. The third kappa shape index (κ3) is 4.76. The molecule has 3 rings (SSSR count). The molecule has 0 spiro atoms. The number of rotatable bonds is 9. The summed E-state index contributed by atoms with van der Waals surface area (Å²) in [6.45, 7) is 10.0. The summed E-state index contributed by atoms with van der Waals surface area (Å²) in [5.74, 6) is 0.0596. The number of carbonyl (C=O) groups is 1. The van der Waals surface area contributed by atoms with Crippen molar-refractivity contribution in [1.29, 1.82) is 0 Å². The van der Waals surface area contributed by atoms with Gasteiger partial charge in [-0.1, -0.05) is 45.0 Å². The van der Waals surface area contributed by atoms with Gasteiger partial charge < -0.3 is 10.2 Å². The van der Waals surface area contributed by atoms with E-state index in [0.717, 1.165) is 48.0 Å². The Kier molecular flexibility index (Phi) is 6.63. The molecule has 0 unspecified atom stereocenters. The quantitative estimate of drug-likeness (QED) is 0.613. The van der Waals surface area contributed by atoms with Crippen LogP contribution in [0.1, 0.15) is 32.0 Å². The summed E-state index contributed by atoms with van der Waals surface area (Å²) >= 11 is 1.58. The normalized spacial score (nSPS) is 11.4. The smallest absolute Gasteiger partial charge is 0.226 e. The maximum absolute atomic E-state index is 12.3. The number of fused-ring (bicyclic) bond motifs is 1. The van der Waals surface area contributed by atoms with Crippen molar-refractivity contribution in [2.45, 2.75) is 33.6 Å². The largest absolute Gasteiger partial charge is 0.354 e. The number of hydrogen-bond acceptors (Lipinski definition) is 4. The number of hydrogen-bond donors (Lipinski definition) is 1. The maximum atomic E-state index is 12.3. The summed E-state index contributed by atoms with van der Waals surface area (Å²) in [6.07, 6.45) is 3.44. The van der Waals surface area contributed by atoms with Crippen molar-refractivity contribution in [3.8, 4) is 11.3 Å². The minimum absolute atomic E-state index is 0.0596. The average Bonchev–Trinajstić information content (AvgIpc) is 3.27. The molecule has 144 valence electrons. The first kappa shape index (κ1) is 19.6. The molecule has 0 fully saturated rings. The second-order valence-corrected chi connectivity index (χ2v) is 7.45. The van der Waals surface area contributed by atoms with Gasteiger partial charge in [-0.3, -0.25) is 9.20 Å². The summed E-state index contributed by atoms with van der Waals surface area (Å²) in [6, 6.07) is 8.52. The monoisotopic (exact) mass is 384 g/mol. The lowest BCUT2D eigenvalue weighted by Gasteiger charge is -2.17. The van der Waals surface area contributed by atoms with Crippen molar-refractivity contribution in [2.75, 3.05) is 26.2 Å². The van der Waals surface area contributed by atoms with Crippen LogP contribution in [0.4, 0.5) is 0 Å². The van der Waals surface area contributed by atoms with E-state index in [4.69, 9.17) is 4.98 Å². The Morgan fingerprint density at radius 3 is 2.59 bits per heavy atom. The molecule has 0 bridgehead atoms. The Hall–Kier alpha value is -2.18. The zero-order chi connectivity index (χ0) is 19.2. The van der Waals surface area contributed by atoms with E-state index in [0.29, 0.717) is 13.0 Å². The van der Waals surface area contributed by atoms with Crippen LogP contribution in [0.15, 0.2) is 35.8 Å². The Bertz CT molecular complexity index is 877. The van der Waals surface area contributed by atoms with Gasteiger partial charge in [0.15, 0.2) is 4.96 Å². The number of likely N-dealkylation sites (N-methyl/N-ethyl adjacent to an activating group) is 1. The van der Waals surface area contributed by atoms with Crippen molar-refractivity contribution < 1.29 is 4.79 Å². The minimum Gasteiger partial charge on any atom is -0.354 e. The molecule has 2 aromatic heterocycles. The van der Waals surface area contributed by atoms with Gasteiger partial charge in [0, 0.05) is 35.9 Å². The first-order valence-corrected chi connectivity index (χ1v) is 10.6. The first-order chi connectivity index (χ1) is 13.1. The molecule has 0 radical (unpaired) electrons. The van der Waals surface area contributed by atoms with Crippen LogP contribution in [-0.2, 0) is 17.6 Å². The van der Waals surface area contributed by atoms with Crippen molar-refractivity contribution in [2.24, 2.45) is 0 Å². The molecule has 1 N–H and O–H groups in total. The molecule has 0 saturated carbocycles. The van der Waals surface area contributed by atoms with Crippen molar-refractivity contribution in [3.63, 3.8) is 0 Å². The zero-order valence-electron chi connectivity index (χ0n) is 16.4. The lowest BCUT2D eigenvalue weighted by molar-refractivity contribution is -0.120. The highest BCUT2D eigenvalue weighted by atomic mass is 32.1. The van der Waals surface area contributed by atoms with Crippen LogP contribution in [0.2, 0.25) is 0 Å². The highest BCUT2D eigenvalue weighted by Crippen LogP contribution is 2.24. The molecule has 3 aromatic rings. The Morgan fingerprint density at radius 1 is 1.19 bits per heavy atom. The van der Waals surface area contributed by atoms with Gasteiger partial charge in [-0.15, -0.1) is 11.3 Å². The fourth-order valence-corrected chi connectivity index (χ4v) is 4.00. The van der Waals surface area contributed by atoms with E-state index in [1.54, 1.807) is 11.3 Å². The highest BCUT2D eigenvalue weighted by molar-refractivity contribution is 7.15. The number of benzene rings is 1. The molecular weight excluding hydrogens is 356 g/mol. The van der Waals surface area contributed by atoms with Crippen molar-refractivity contribution in [1.82, 2.24) is 19.6 Å². The van der Waals surface area contributed by atoms with Gasteiger partial charge in [0.25, 0.3) is 0 Å². The van der Waals surface area contributed by atoms with Gasteiger partial charge in [-0.25, -0.2) is 4.98 Å². The number of nitrogens with one attached hydrogen (secondary N) is 1. The predicted octanol–water partition coefficient (Wildman–Crippen LogP) is 3.63. The van der Waals surface area contributed by atoms with E-state index < -0.39 is 0 Å². The Labute approximate surface area is 165 Å². The third-order valence-electron chi connectivity index (χ3n) is 4.93. The van der Waals surface area contributed by atoms with Crippen LogP contribution in [0.3, 0.4) is 0 Å². The molecule has 0 aliphatic heterocycles. The number of amides is 1. The Balaban J connectivity index is 1.65. The molecule has 1 amide bonds. The number of aryl methyl sites for hydroxylation is 1. The molecule has 2 heterocycles. The van der Waals surface area contributed by atoms with Gasteiger partial charge >= 0.3 is 0 Å². The lowest BCUT2D eigenvalue weighted by atomic mass is 10.1. The fourth-order valence-electron chi connectivity index (χ4n) is 3.13. The van der Waals surface area contributed by atoms with Crippen molar-refractivity contribution >= 4 is 22.2 Å². The molecule has 0 saturated heterocycles. The highest BCUT2D eigenvalue weighted by Gasteiger charge is 2.12. The molecule has 0 aliphatic rings. The second kappa shape index (κ2) is 9.15. The van der Waals surface area contributed by atoms with Gasteiger partial charge in [-0.2, -0.15) is 0 Å². The molecule has 5 nitrogen and oxygen atoms in total. The average molecular weight is 385 g/mol. The number of thiazole rings is 1. The van der Waals surface area contributed by atoms with Crippen LogP contribution in [0.5, 0.6) is 0 Å². The summed E-state index contributed by atoms with van der Waals surface area (Å²) < 4.78 is 2.04. The molecule has 27 heavy (non-hydrogen) atoms. The molecular formula is C21H28N4OS. The topological polar surface area (TPSA) is 49.6 Å². The zero-order valence-corrected chi connectivity index (χ0v) is 17.2. The van der Waals surface area contributed by atoms with Crippen LogP contribution in [0, 0.1) is 0 Å². The van der Waals surface area contributed by atoms with E-state index in [1.165, 1.54) is 5.56 Å². The first-order valence-electron chi connectivity index (χ1n) is 9.68. The van der Waals surface area contributed by atoms with Crippen molar-refractivity contribution in [3.05, 3.63) is 47.1 Å². The standard InChI is InChI=1S/C21H28N4OS/c1-4-16-7-9-17(10-8-16)19-14-25-18(15-27-21(25)23-19)13-20(26)22-11-12-24(5-2)6-3/h7-10,14-15H,4-6,11-13H2,1-3H3,(H,22,26). The summed E-state index contributed by atoms with van der Waals surface area (Å²) in [7, 11) is 0. The minimum atomic E-state index is 0.0596. The second-order valence-electron chi connectivity index (χ2n) is 6.61. The van der Waals surface area contributed by atoms with Gasteiger partial charge in [0.2, 0.25) is 5.91 Å². The molecule has 6 heteroatoms. The Morgan fingerprint density at radius 2 is 1.93 bits per heavy atom. The number of imidazole rings is 1. The van der Waals surface area contributed by atoms with Crippen LogP contribution in [-0.4, -0.2) is 46.4 Å². The van der Waals surface area contributed by atoms with Gasteiger partial charge in [-0.05, 0) is 25.1 Å². The van der Waals surface area contributed by atoms with E-state index in [2.05, 4.69) is 55.3 Å². The summed E-state index contributed by atoms with van der Waals surface area (Å²) in [5, 5.41) is 5.05.